The van der Waals surface area contributed by atoms with Crippen molar-refractivity contribution in [3.05, 3.63) is 58.9 Å². The molecule has 186 valence electrons. The van der Waals surface area contributed by atoms with Crippen LogP contribution in [0.4, 0.5) is 0 Å². The van der Waals surface area contributed by atoms with Gasteiger partial charge in [-0.05, 0) is 79.4 Å². The van der Waals surface area contributed by atoms with Crippen LogP contribution in [0.25, 0.3) is 0 Å². The standard InChI is InChI=1S/C31H47N2P/c1-32-23-24-33(2)31(32)29-19-12-20-30(28(29)22-21-25-13-6-3-7-14-25)34(26-15-8-4-9-16-26)27-17-10-5-11-18-27/h3,6-7,13-14,22,26-27,30H,4-5,8-12,15-21,23-24H2,1-2H3. The normalized spacial score (nSPS) is 26.8. The lowest BCUT2D eigenvalue weighted by atomic mass is 9.87. The highest BCUT2D eigenvalue weighted by atomic mass is 31.1. The zero-order valence-corrected chi connectivity index (χ0v) is 22.7. The second-order valence-electron chi connectivity index (χ2n) is 11.4. The van der Waals surface area contributed by atoms with Crippen molar-refractivity contribution >= 4 is 7.92 Å². The molecule has 3 heteroatoms. The lowest BCUT2D eigenvalue weighted by molar-refractivity contribution is 0.408. The van der Waals surface area contributed by atoms with Crippen LogP contribution in [0.2, 0.25) is 0 Å². The lowest BCUT2D eigenvalue weighted by Crippen LogP contribution is -2.31. The molecule has 34 heavy (non-hydrogen) atoms. The topological polar surface area (TPSA) is 6.48 Å². The molecule has 3 saturated carbocycles. The Morgan fingerprint density at radius 3 is 1.94 bits per heavy atom. The molecule has 0 radical (unpaired) electrons. The van der Waals surface area contributed by atoms with E-state index in [4.69, 9.17) is 0 Å². The Hall–Kier alpha value is -1.27. The van der Waals surface area contributed by atoms with Gasteiger partial charge in [0.05, 0.1) is 0 Å². The van der Waals surface area contributed by atoms with E-state index in [2.05, 4.69) is 60.3 Å². The van der Waals surface area contributed by atoms with Crippen molar-refractivity contribution in [3.8, 4) is 0 Å². The molecule has 5 rings (SSSR count). The van der Waals surface area contributed by atoms with Gasteiger partial charge >= 0.3 is 0 Å². The molecule has 0 N–H and O–H groups in total. The molecule has 0 bridgehead atoms. The summed E-state index contributed by atoms with van der Waals surface area (Å²) < 4.78 is 0. The molecule has 4 aliphatic rings. The van der Waals surface area contributed by atoms with E-state index in [1.165, 1.54) is 102 Å². The minimum absolute atomic E-state index is 0.0561. The third-order valence-corrected chi connectivity index (χ3v) is 13.1. The first kappa shape index (κ1) is 24.4. The zero-order valence-electron chi connectivity index (χ0n) is 21.9. The maximum atomic E-state index is 2.71. The molecule has 3 aliphatic carbocycles. The fourth-order valence-corrected chi connectivity index (χ4v) is 12.1. The van der Waals surface area contributed by atoms with Crippen LogP contribution in [-0.4, -0.2) is 54.0 Å². The van der Waals surface area contributed by atoms with Gasteiger partial charge in [-0.3, -0.25) is 0 Å². The Kier molecular flexibility index (Phi) is 8.36. The third kappa shape index (κ3) is 5.43. The smallest absolute Gasteiger partial charge is 0.107 e. The number of hydrogen-bond acceptors (Lipinski definition) is 2. The molecular weight excluding hydrogens is 431 g/mol. The van der Waals surface area contributed by atoms with E-state index in [1.807, 2.05) is 0 Å². The first-order valence-electron chi connectivity index (χ1n) is 14.4. The number of benzene rings is 1. The van der Waals surface area contributed by atoms with Crippen LogP contribution in [0.15, 0.2) is 53.4 Å². The van der Waals surface area contributed by atoms with Gasteiger partial charge in [-0.15, -0.1) is 0 Å². The van der Waals surface area contributed by atoms with Gasteiger partial charge in [0.25, 0.3) is 0 Å². The number of rotatable bonds is 5. The summed E-state index contributed by atoms with van der Waals surface area (Å²) in [6.07, 6.45) is 23.0. The summed E-state index contributed by atoms with van der Waals surface area (Å²) in [6, 6.07) is 11.2. The van der Waals surface area contributed by atoms with Crippen molar-refractivity contribution in [3.63, 3.8) is 0 Å². The van der Waals surface area contributed by atoms with E-state index in [0.717, 1.165) is 23.4 Å². The fourth-order valence-electron chi connectivity index (χ4n) is 7.45. The van der Waals surface area contributed by atoms with E-state index in [-0.39, 0.29) is 7.92 Å². The van der Waals surface area contributed by atoms with Gasteiger partial charge in [0.1, 0.15) is 5.82 Å². The van der Waals surface area contributed by atoms with Crippen molar-refractivity contribution in [2.24, 2.45) is 0 Å². The molecule has 1 aromatic carbocycles. The Morgan fingerprint density at radius 2 is 1.35 bits per heavy atom. The molecule has 1 aromatic rings. The Morgan fingerprint density at radius 1 is 0.765 bits per heavy atom. The summed E-state index contributed by atoms with van der Waals surface area (Å²) in [5, 5.41) is 0. The molecule has 1 aliphatic heterocycles. The van der Waals surface area contributed by atoms with Gasteiger partial charge in [0.2, 0.25) is 0 Å². The van der Waals surface area contributed by atoms with Gasteiger partial charge in [-0.1, -0.05) is 82.9 Å². The van der Waals surface area contributed by atoms with Crippen LogP contribution in [0.1, 0.15) is 89.0 Å². The quantitative estimate of drug-likeness (QED) is 0.396. The predicted octanol–water partition coefficient (Wildman–Crippen LogP) is 7.94. The molecular formula is C31H47N2P. The predicted molar refractivity (Wildman–Crippen MR) is 149 cm³/mol. The largest absolute Gasteiger partial charge is 0.359 e. The average molecular weight is 479 g/mol. The van der Waals surface area contributed by atoms with E-state index in [0.29, 0.717) is 0 Å². The molecule has 1 saturated heterocycles. The highest BCUT2D eigenvalue weighted by Gasteiger charge is 2.41. The molecule has 0 amide bonds. The van der Waals surface area contributed by atoms with Crippen LogP contribution < -0.4 is 0 Å². The molecule has 0 spiro atoms. The highest BCUT2D eigenvalue weighted by molar-refractivity contribution is 7.60. The number of nitrogens with zero attached hydrogens (tertiary/aromatic N) is 2. The Labute approximate surface area is 210 Å². The number of likely N-dealkylation sites (N-methyl/N-ethyl adjacent to an activating group) is 2. The average Bonchev–Trinajstić information content (AvgIpc) is 3.22. The van der Waals surface area contributed by atoms with Crippen LogP contribution in [0.3, 0.4) is 0 Å². The Bertz CT molecular complexity index is 817. The summed E-state index contributed by atoms with van der Waals surface area (Å²) >= 11 is 0. The maximum absolute atomic E-state index is 2.71. The van der Waals surface area contributed by atoms with E-state index in [1.54, 1.807) is 17.0 Å². The minimum Gasteiger partial charge on any atom is -0.359 e. The van der Waals surface area contributed by atoms with Crippen molar-refractivity contribution in [2.45, 2.75) is 107 Å². The maximum Gasteiger partial charge on any atom is 0.107 e. The lowest BCUT2D eigenvalue weighted by Gasteiger charge is -2.46. The first-order valence-corrected chi connectivity index (χ1v) is 15.9. The molecule has 1 unspecified atom stereocenters. The van der Waals surface area contributed by atoms with Crippen LogP contribution in [-0.2, 0) is 6.42 Å². The second kappa shape index (κ2) is 11.6. The van der Waals surface area contributed by atoms with Crippen molar-refractivity contribution in [1.29, 1.82) is 0 Å². The van der Waals surface area contributed by atoms with Gasteiger partial charge in [-0.25, -0.2) is 0 Å². The number of hydrogen-bond donors (Lipinski definition) is 0. The van der Waals surface area contributed by atoms with Crippen molar-refractivity contribution in [1.82, 2.24) is 9.80 Å². The minimum atomic E-state index is 0.0561. The number of allylic oxidation sites excluding steroid dienone is 3. The van der Waals surface area contributed by atoms with Gasteiger partial charge in [-0.2, -0.15) is 0 Å². The van der Waals surface area contributed by atoms with Gasteiger partial charge in [0, 0.05) is 32.8 Å². The third-order valence-electron chi connectivity index (χ3n) is 9.13. The molecule has 0 aromatic heterocycles. The molecule has 4 fully saturated rings. The van der Waals surface area contributed by atoms with Crippen LogP contribution in [0.5, 0.6) is 0 Å². The monoisotopic (exact) mass is 478 g/mol. The van der Waals surface area contributed by atoms with Gasteiger partial charge in [0.15, 0.2) is 0 Å². The SMILES string of the molecule is CN1CCN(C)C1=C1CCCC(P(C2CCCCC2)C2CCCCC2)C1=CCc1ccccc1. The van der Waals surface area contributed by atoms with E-state index in [9.17, 15) is 0 Å². The fraction of sp³-hybridized carbons (Fsp3) is 0.677. The highest BCUT2D eigenvalue weighted by Crippen LogP contribution is 2.63. The van der Waals surface area contributed by atoms with E-state index >= 15 is 0 Å². The molecule has 2 nitrogen and oxygen atoms in total. The van der Waals surface area contributed by atoms with Crippen LogP contribution >= 0.6 is 7.92 Å². The summed E-state index contributed by atoms with van der Waals surface area (Å²) in [6.45, 7) is 2.35. The molecule has 1 heterocycles. The second-order valence-corrected chi connectivity index (χ2v) is 14.4. The van der Waals surface area contributed by atoms with Crippen molar-refractivity contribution in [2.75, 3.05) is 27.2 Å². The van der Waals surface area contributed by atoms with Crippen molar-refractivity contribution < 1.29 is 0 Å². The summed E-state index contributed by atoms with van der Waals surface area (Å²) in [4.78, 5) is 5.11. The van der Waals surface area contributed by atoms with E-state index < -0.39 is 0 Å². The van der Waals surface area contributed by atoms with Gasteiger partial charge < -0.3 is 9.80 Å². The molecule has 1 atom stereocenters. The first-order chi connectivity index (χ1) is 16.7. The summed E-state index contributed by atoms with van der Waals surface area (Å²) in [5.41, 5.74) is 7.86. The Balaban J connectivity index is 1.54. The summed E-state index contributed by atoms with van der Waals surface area (Å²) in [7, 11) is 4.71. The zero-order chi connectivity index (χ0) is 23.3. The summed E-state index contributed by atoms with van der Waals surface area (Å²) in [5.74, 6) is 1.55. The van der Waals surface area contributed by atoms with Crippen LogP contribution in [0, 0.1) is 0 Å².